The highest BCUT2D eigenvalue weighted by atomic mass is 16.6. The lowest BCUT2D eigenvalue weighted by atomic mass is 10.1. The third-order valence-corrected chi connectivity index (χ3v) is 5.76. The fourth-order valence-electron chi connectivity index (χ4n) is 3.76. The van der Waals surface area contributed by atoms with Crippen LogP contribution in [0.5, 0.6) is 11.5 Å². The Kier molecular flexibility index (Phi) is 8.19. The van der Waals surface area contributed by atoms with Crippen molar-refractivity contribution in [2.24, 2.45) is 0 Å². The normalized spacial score (nSPS) is 11.0. The van der Waals surface area contributed by atoms with Gasteiger partial charge in [0.2, 0.25) is 5.89 Å². The Hall–Kier alpha value is -4.32. The Morgan fingerprint density at radius 3 is 2.47 bits per heavy atom. The van der Waals surface area contributed by atoms with E-state index in [1.165, 1.54) is 0 Å². The van der Waals surface area contributed by atoms with Crippen molar-refractivity contribution in [1.29, 1.82) is 0 Å². The highest BCUT2D eigenvalue weighted by molar-refractivity contribution is 5.70. The summed E-state index contributed by atoms with van der Waals surface area (Å²) in [6.07, 6.45) is 4.42. The molecule has 0 aliphatic heterocycles. The topological polar surface area (TPSA) is 64.8 Å². The number of amides is 1. The Labute approximate surface area is 211 Å². The number of hydrogen-bond acceptors (Lipinski definition) is 5. The summed E-state index contributed by atoms with van der Waals surface area (Å²) >= 11 is 0. The highest BCUT2D eigenvalue weighted by Crippen LogP contribution is 2.22. The van der Waals surface area contributed by atoms with E-state index in [1.54, 1.807) is 36.3 Å². The predicted molar refractivity (Wildman–Crippen MR) is 141 cm³/mol. The van der Waals surface area contributed by atoms with Crippen LogP contribution in [0.2, 0.25) is 0 Å². The molecule has 0 saturated carbocycles. The highest BCUT2D eigenvalue weighted by Gasteiger charge is 2.15. The summed E-state index contributed by atoms with van der Waals surface area (Å²) in [5, 5.41) is 0. The zero-order valence-corrected chi connectivity index (χ0v) is 20.8. The first-order valence-corrected chi connectivity index (χ1v) is 11.9. The van der Waals surface area contributed by atoms with Crippen LogP contribution in [0, 0.1) is 6.92 Å². The number of carbonyl (C=O) groups excluding carboxylic acids is 1. The van der Waals surface area contributed by atoms with Gasteiger partial charge in [0.1, 0.15) is 17.3 Å². The monoisotopic (exact) mass is 482 g/mol. The molecule has 1 aromatic heterocycles. The molecule has 0 bridgehead atoms. The number of nitrogens with zero attached hydrogens (tertiary/aromatic N) is 2. The minimum atomic E-state index is -0.390. The van der Waals surface area contributed by atoms with Gasteiger partial charge in [0, 0.05) is 25.1 Å². The van der Waals surface area contributed by atoms with E-state index in [0.29, 0.717) is 36.9 Å². The molecule has 0 fully saturated rings. The largest absolute Gasteiger partial charge is 0.497 e. The number of allylic oxidation sites excluding steroid dienone is 1. The smallest absolute Gasteiger partial charge is 0.415 e. The van der Waals surface area contributed by atoms with Gasteiger partial charge in [-0.3, -0.25) is 0 Å². The zero-order chi connectivity index (χ0) is 25.3. The maximum absolute atomic E-state index is 12.7. The van der Waals surface area contributed by atoms with Crippen LogP contribution in [0.3, 0.4) is 0 Å². The standard InChI is InChI=1S/C30H30N2O4/c1-4-32(30(33)36-27-18-16-26(34-3)17-19-27)21-24-12-8-10-23(20-24)11-9-15-28-22(2)35-29(31-28)25-13-6-5-7-14-25/h5-14,16-20H,4,15,21H2,1-3H3/b11-9+. The average molecular weight is 483 g/mol. The van der Waals surface area contributed by atoms with Crippen molar-refractivity contribution in [3.05, 3.63) is 108 Å². The zero-order valence-electron chi connectivity index (χ0n) is 20.8. The van der Waals surface area contributed by atoms with E-state index in [-0.39, 0.29) is 6.09 Å². The molecule has 1 heterocycles. The van der Waals surface area contributed by atoms with Crippen LogP contribution >= 0.6 is 0 Å². The van der Waals surface area contributed by atoms with Gasteiger partial charge in [-0.05, 0) is 67.4 Å². The lowest BCUT2D eigenvalue weighted by Crippen LogP contribution is -2.32. The van der Waals surface area contributed by atoms with Crippen molar-refractivity contribution in [3.63, 3.8) is 0 Å². The maximum atomic E-state index is 12.7. The van der Waals surface area contributed by atoms with Gasteiger partial charge in [0.15, 0.2) is 0 Å². The van der Waals surface area contributed by atoms with Crippen LogP contribution in [0.4, 0.5) is 4.79 Å². The molecular formula is C30H30N2O4. The van der Waals surface area contributed by atoms with Gasteiger partial charge in [-0.15, -0.1) is 0 Å². The van der Waals surface area contributed by atoms with E-state index in [9.17, 15) is 4.79 Å². The number of hydrogen-bond donors (Lipinski definition) is 0. The van der Waals surface area contributed by atoms with E-state index in [4.69, 9.17) is 13.9 Å². The van der Waals surface area contributed by atoms with Crippen LogP contribution < -0.4 is 9.47 Å². The van der Waals surface area contributed by atoms with Crippen molar-refractivity contribution >= 4 is 12.2 Å². The predicted octanol–water partition coefficient (Wildman–Crippen LogP) is 6.94. The SMILES string of the molecule is CCN(Cc1cccc(/C=C/Cc2nc(-c3ccccc3)oc2C)c1)C(=O)Oc1ccc(OC)cc1. The summed E-state index contributed by atoms with van der Waals surface area (Å²) in [5.74, 6) is 2.65. The van der Waals surface area contributed by atoms with E-state index in [0.717, 1.165) is 28.1 Å². The van der Waals surface area contributed by atoms with Crippen LogP contribution in [0.1, 0.15) is 29.5 Å². The quantitative estimate of drug-likeness (QED) is 0.259. The molecule has 0 unspecified atom stereocenters. The summed E-state index contributed by atoms with van der Waals surface area (Å²) in [6.45, 7) is 4.86. The number of rotatable bonds is 9. The van der Waals surface area contributed by atoms with Crippen LogP contribution in [-0.2, 0) is 13.0 Å². The van der Waals surface area contributed by atoms with Gasteiger partial charge in [0.25, 0.3) is 0 Å². The van der Waals surface area contributed by atoms with E-state index < -0.39 is 0 Å². The van der Waals surface area contributed by atoms with Gasteiger partial charge < -0.3 is 18.8 Å². The Morgan fingerprint density at radius 2 is 1.75 bits per heavy atom. The van der Waals surface area contributed by atoms with Crippen molar-refractivity contribution in [1.82, 2.24) is 9.88 Å². The number of methoxy groups -OCH3 is 1. The second-order valence-electron chi connectivity index (χ2n) is 8.30. The second-order valence-corrected chi connectivity index (χ2v) is 8.30. The van der Waals surface area contributed by atoms with Gasteiger partial charge in [-0.25, -0.2) is 9.78 Å². The van der Waals surface area contributed by atoms with Gasteiger partial charge >= 0.3 is 6.09 Å². The molecule has 6 heteroatoms. The van der Waals surface area contributed by atoms with Crippen LogP contribution in [0.15, 0.2) is 89.4 Å². The van der Waals surface area contributed by atoms with E-state index in [2.05, 4.69) is 23.2 Å². The number of carbonyl (C=O) groups is 1. The average Bonchev–Trinajstić information content (AvgIpc) is 3.28. The molecule has 0 aliphatic carbocycles. The molecule has 0 radical (unpaired) electrons. The summed E-state index contributed by atoms with van der Waals surface area (Å²) in [4.78, 5) is 19.0. The molecule has 1 amide bonds. The Balaban J connectivity index is 1.37. The third kappa shape index (κ3) is 6.42. The third-order valence-electron chi connectivity index (χ3n) is 5.76. The molecular weight excluding hydrogens is 452 g/mol. The fourth-order valence-corrected chi connectivity index (χ4v) is 3.76. The number of aromatic nitrogens is 1. The first-order chi connectivity index (χ1) is 17.6. The summed E-state index contributed by atoms with van der Waals surface area (Å²) in [6, 6.07) is 25.0. The molecule has 0 spiro atoms. The Morgan fingerprint density at radius 1 is 1.00 bits per heavy atom. The molecule has 0 atom stereocenters. The number of aryl methyl sites for hydroxylation is 1. The van der Waals surface area contributed by atoms with E-state index in [1.807, 2.05) is 62.4 Å². The molecule has 184 valence electrons. The van der Waals surface area contributed by atoms with Crippen molar-refractivity contribution in [3.8, 4) is 23.0 Å². The first-order valence-electron chi connectivity index (χ1n) is 11.9. The molecule has 0 N–H and O–H groups in total. The van der Waals surface area contributed by atoms with Crippen molar-refractivity contribution in [2.75, 3.05) is 13.7 Å². The lowest BCUT2D eigenvalue weighted by molar-refractivity contribution is 0.152. The molecule has 36 heavy (non-hydrogen) atoms. The first kappa shape index (κ1) is 24.8. The number of benzene rings is 3. The molecule has 0 aliphatic rings. The Bertz CT molecular complexity index is 1310. The van der Waals surface area contributed by atoms with Gasteiger partial charge in [0.05, 0.1) is 12.8 Å². The second kappa shape index (κ2) is 11.9. The van der Waals surface area contributed by atoms with Crippen molar-refractivity contribution < 1.29 is 18.7 Å². The molecule has 6 nitrogen and oxygen atoms in total. The number of ether oxygens (including phenoxy) is 2. The molecule has 3 aromatic carbocycles. The summed E-state index contributed by atoms with van der Waals surface area (Å²) in [5.41, 5.74) is 3.96. The minimum Gasteiger partial charge on any atom is -0.497 e. The van der Waals surface area contributed by atoms with Gasteiger partial charge in [-0.1, -0.05) is 48.6 Å². The lowest BCUT2D eigenvalue weighted by Gasteiger charge is -2.20. The van der Waals surface area contributed by atoms with Crippen molar-refractivity contribution in [2.45, 2.75) is 26.8 Å². The molecule has 4 rings (SSSR count). The molecule has 4 aromatic rings. The van der Waals surface area contributed by atoms with Crippen LogP contribution in [0.25, 0.3) is 17.5 Å². The van der Waals surface area contributed by atoms with Crippen LogP contribution in [-0.4, -0.2) is 29.6 Å². The maximum Gasteiger partial charge on any atom is 0.415 e. The number of oxazole rings is 1. The minimum absolute atomic E-state index is 0.390. The molecule has 0 saturated heterocycles. The van der Waals surface area contributed by atoms with Gasteiger partial charge in [-0.2, -0.15) is 0 Å². The summed E-state index contributed by atoms with van der Waals surface area (Å²) in [7, 11) is 1.60. The van der Waals surface area contributed by atoms with E-state index >= 15 is 0 Å². The fraction of sp³-hybridized carbons (Fsp3) is 0.200. The summed E-state index contributed by atoms with van der Waals surface area (Å²) < 4.78 is 16.5.